The highest BCUT2D eigenvalue weighted by Gasteiger charge is 1.95. The van der Waals surface area contributed by atoms with Gasteiger partial charge in [0.25, 0.3) is 0 Å². The molecule has 0 aromatic carbocycles. The van der Waals surface area contributed by atoms with Crippen LogP contribution in [0.15, 0.2) is 18.3 Å². The number of quaternary nitrogens is 1. The zero-order valence-corrected chi connectivity index (χ0v) is 6.66. The van der Waals surface area contributed by atoms with E-state index in [1.807, 2.05) is 19.2 Å². The van der Waals surface area contributed by atoms with Crippen LogP contribution >= 0.6 is 0 Å². The standard InChI is InChI=1S/C7H11N3O/c1-8-7-4-3-6(5-9-7)10-11-2/h3-5,10H,1-2H3,(H,8,9)/p+1. The molecule has 1 aromatic heterocycles. The van der Waals surface area contributed by atoms with Crippen molar-refractivity contribution in [3.63, 3.8) is 0 Å². The monoisotopic (exact) mass is 154 g/mol. The molecule has 0 saturated heterocycles. The number of rotatable bonds is 3. The van der Waals surface area contributed by atoms with Crippen LogP contribution in [0.1, 0.15) is 0 Å². The average molecular weight is 154 g/mol. The Labute approximate surface area is 65.5 Å². The molecule has 1 rings (SSSR count). The fraction of sp³-hybridized carbons (Fsp3) is 0.286. The van der Waals surface area contributed by atoms with Crippen LogP contribution in [0.25, 0.3) is 0 Å². The summed E-state index contributed by atoms with van der Waals surface area (Å²) < 4.78 is 0. The van der Waals surface area contributed by atoms with E-state index in [4.69, 9.17) is 4.84 Å². The Morgan fingerprint density at radius 1 is 1.55 bits per heavy atom. The molecule has 1 aromatic rings. The van der Waals surface area contributed by atoms with Gasteiger partial charge in [-0.25, -0.2) is 9.82 Å². The molecule has 4 nitrogen and oxygen atoms in total. The number of pyridine rings is 1. The van der Waals surface area contributed by atoms with E-state index in [1.54, 1.807) is 18.8 Å². The van der Waals surface area contributed by atoms with Gasteiger partial charge in [0.05, 0.1) is 13.3 Å². The quantitative estimate of drug-likeness (QED) is 0.597. The highest BCUT2D eigenvalue weighted by molar-refractivity contribution is 5.38. The summed E-state index contributed by atoms with van der Waals surface area (Å²) in [5.41, 5.74) is 2.61. The van der Waals surface area contributed by atoms with Gasteiger partial charge >= 0.3 is 0 Å². The number of aromatic nitrogens is 1. The van der Waals surface area contributed by atoms with Crippen molar-refractivity contribution in [2.24, 2.45) is 0 Å². The first-order valence-electron chi connectivity index (χ1n) is 3.36. The molecule has 0 radical (unpaired) electrons. The van der Waals surface area contributed by atoms with Crippen LogP contribution < -0.4 is 10.8 Å². The third-order valence-corrected chi connectivity index (χ3v) is 1.30. The second kappa shape index (κ2) is 3.90. The minimum Gasteiger partial charge on any atom is -0.373 e. The van der Waals surface area contributed by atoms with Gasteiger partial charge in [0, 0.05) is 13.1 Å². The highest BCUT2D eigenvalue weighted by Crippen LogP contribution is 2.02. The van der Waals surface area contributed by atoms with Crippen LogP contribution in [0.4, 0.5) is 11.5 Å². The molecule has 4 heteroatoms. The van der Waals surface area contributed by atoms with Crippen LogP contribution in [0.3, 0.4) is 0 Å². The molecule has 0 unspecified atom stereocenters. The summed E-state index contributed by atoms with van der Waals surface area (Å²) in [6.07, 6.45) is 1.75. The van der Waals surface area contributed by atoms with Crippen molar-refractivity contribution in [1.29, 1.82) is 0 Å². The number of anilines is 1. The van der Waals surface area contributed by atoms with Crippen LogP contribution in [0.2, 0.25) is 0 Å². The summed E-state index contributed by atoms with van der Waals surface area (Å²) in [7, 11) is 3.45. The SMILES string of the molecule is CNc1ccc([NH2+]OC)cn1. The lowest BCUT2D eigenvalue weighted by molar-refractivity contribution is -0.830. The number of nitrogens with zero attached hydrogens (tertiary/aromatic N) is 1. The second-order valence-electron chi connectivity index (χ2n) is 2.08. The zero-order valence-electron chi connectivity index (χ0n) is 6.66. The lowest BCUT2D eigenvalue weighted by atomic mass is 10.4. The summed E-state index contributed by atoms with van der Waals surface area (Å²) in [4.78, 5) is 8.91. The van der Waals surface area contributed by atoms with Crippen molar-refractivity contribution in [2.75, 3.05) is 19.5 Å². The fourth-order valence-corrected chi connectivity index (χ4v) is 0.759. The molecule has 0 atom stereocenters. The number of nitrogens with two attached hydrogens (primary N) is 1. The maximum atomic E-state index is 4.82. The Balaban J connectivity index is 2.66. The molecule has 3 N–H and O–H groups in total. The van der Waals surface area contributed by atoms with E-state index in [0.29, 0.717) is 0 Å². The van der Waals surface area contributed by atoms with Crippen molar-refractivity contribution in [3.8, 4) is 0 Å². The molecule has 0 bridgehead atoms. The number of hydrogen-bond donors (Lipinski definition) is 2. The number of nitrogens with one attached hydrogen (secondary N) is 1. The Morgan fingerprint density at radius 2 is 2.36 bits per heavy atom. The third-order valence-electron chi connectivity index (χ3n) is 1.30. The van der Waals surface area contributed by atoms with E-state index in [1.165, 1.54) is 0 Å². The van der Waals surface area contributed by atoms with Crippen molar-refractivity contribution >= 4 is 11.5 Å². The predicted octanol–water partition coefficient (Wildman–Crippen LogP) is -0.120. The van der Waals surface area contributed by atoms with E-state index >= 15 is 0 Å². The molecule has 1 heterocycles. The van der Waals surface area contributed by atoms with Gasteiger partial charge in [0.1, 0.15) is 5.82 Å². The molecule has 0 aliphatic carbocycles. The summed E-state index contributed by atoms with van der Waals surface area (Å²) >= 11 is 0. The third kappa shape index (κ3) is 2.18. The van der Waals surface area contributed by atoms with E-state index in [-0.39, 0.29) is 0 Å². The van der Waals surface area contributed by atoms with E-state index in [9.17, 15) is 0 Å². The van der Waals surface area contributed by atoms with Crippen LogP contribution in [-0.2, 0) is 4.84 Å². The van der Waals surface area contributed by atoms with Crippen LogP contribution in [-0.4, -0.2) is 19.1 Å². The molecule has 0 saturated carbocycles. The molecule has 0 aliphatic rings. The van der Waals surface area contributed by atoms with E-state index < -0.39 is 0 Å². The number of hydrogen-bond acceptors (Lipinski definition) is 3. The van der Waals surface area contributed by atoms with Crippen LogP contribution in [0, 0.1) is 0 Å². The highest BCUT2D eigenvalue weighted by atomic mass is 16.6. The van der Waals surface area contributed by atoms with Gasteiger partial charge in [-0.05, 0) is 6.07 Å². The normalized spacial score (nSPS) is 9.64. The predicted molar refractivity (Wildman–Crippen MR) is 42.4 cm³/mol. The van der Waals surface area contributed by atoms with Crippen LogP contribution in [0.5, 0.6) is 0 Å². The first-order valence-corrected chi connectivity index (χ1v) is 3.36. The van der Waals surface area contributed by atoms with Gasteiger partial charge in [0.2, 0.25) is 0 Å². The lowest BCUT2D eigenvalue weighted by Crippen LogP contribution is -2.75. The van der Waals surface area contributed by atoms with Gasteiger partial charge in [0.15, 0.2) is 5.69 Å². The molecule has 0 aliphatic heterocycles. The molecule has 0 spiro atoms. The van der Waals surface area contributed by atoms with Crippen molar-refractivity contribution in [3.05, 3.63) is 18.3 Å². The summed E-state index contributed by atoms with van der Waals surface area (Å²) in [5.74, 6) is 0.859. The summed E-state index contributed by atoms with van der Waals surface area (Å²) in [5, 5.41) is 2.93. The van der Waals surface area contributed by atoms with Crippen molar-refractivity contribution in [1.82, 2.24) is 4.98 Å². The van der Waals surface area contributed by atoms with Gasteiger partial charge in [-0.2, -0.15) is 5.48 Å². The topological polar surface area (TPSA) is 50.8 Å². The first-order chi connectivity index (χ1) is 5.36. The summed E-state index contributed by atoms with van der Waals surface area (Å²) in [6.45, 7) is 0. The van der Waals surface area contributed by atoms with Crippen molar-refractivity contribution in [2.45, 2.75) is 0 Å². The summed E-state index contributed by atoms with van der Waals surface area (Å²) in [6, 6.07) is 3.83. The Kier molecular flexibility index (Phi) is 2.83. The van der Waals surface area contributed by atoms with E-state index in [0.717, 1.165) is 11.5 Å². The largest absolute Gasteiger partial charge is 0.373 e. The van der Waals surface area contributed by atoms with Gasteiger partial charge in [-0.3, -0.25) is 0 Å². The zero-order chi connectivity index (χ0) is 8.10. The molecular formula is C7H12N3O+. The first kappa shape index (κ1) is 7.97. The minimum absolute atomic E-state index is 0.859. The lowest BCUT2D eigenvalue weighted by Gasteiger charge is -1.98. The average Bonchev–Trinajstić information content (AvgIpc) is 2.07. The molecular weight excluding hydrogens is 142 g/mol. The second-order valence-corrected chi connectivity index (χ2v) is 2.08. The Morgan fingerprint density at radius 3 is 2.82 bits per heavy atom. The van der Waals surface area contributed by atoms with Crippen molar-refractivity contribution < 1.29 is 10.3 Å². The smallest absolute Gasteiger partial charge is 0.180 e. The maximum absolute atomic E-state index is 4.82. The van der Waals surface area contributed by atoms with Gasteiger partial charge in [-0.1, -0.05) is 0 Å². The molecule has 60 valence electrons. The molecule has 0 fully saturated rings. The maximum Gasteiger partial charge on any atom is 0.180 e. The Hall–Kier alpha value is -1.13. The fourth-order valence-electron chi connectivity index (χ4n) is 0.759. The van der Waals surface area contributed by atoms with Gasteiger partial charge in [-0.15, -0.1) is 0 Å². The van der Waals surface area contributed by atoms with Gasteiger partial charge < -0.3 is 5.32 Å². The Bertz CT molecular complexity index is 209. The minimum atomic E-state index is 0.859. The molecule has 11 heavy (non-hydrogen) atoms. The van der Waals surface area contributed by atoms with E-state index in [2.05, 4.69) is 10.3 Å². The molecule has 0 amide bonds.